The van der Waals surface area contributed by atoms with Gasteiger partial charge in [0.05, 0.1) is 0 Å². The van der Waals surface area contributed by atoms with Crippen LogP contribution in [0.2, 0.25) is 0 Å². The van der Waals surface area contributed by atoms with Gasteiger partial charge in [-0.05, 0) is 0 Å². The van der Waals surface area contributed by atoms with Crippen LogP contribution in [0.4, 0.5) is 5.95 Å². The molecule has 1 amide bonds. The molecule has 33 heavy (non-hydrogen) atoms. The molecule has 2 aromatic heterocycles. The fourth-order valence-electron chi connectivity index (χ4n) is 2.56. The number of hydrogen-bond donors (Lipinski definition) is 4. The average molecular weight is 593 g/mol. The van der Waals surface area contributed by atoms with E-state index in [0.29, 0.717) is 11.0 Å². The molecule has 0 aliphatic heterocycles. The van der Waals surface area contributed by atoms with E-state index in [1.807, 2.05) is 0 Å². The molecule has 0 saturated carbocycles. The Kier molecular flexibility index (Phi) is 10.0. The summed E-state index contributed by atoms with van der Waals surface area (Å²) in [4.78, 5) is 60.2. The zero-order valence-electron chi connectivity index (χ0n) is 17.0. The second-order valence-corrected chi connectivity index (χ2v) is 8.54. The smallest absolute Gasteiger partial charge is 0 e. The standard InChI is InChI=1S/C19H17N6O6Se.Y/c20-19-24-16-15(18(30)25-19)22-11(7-21-16)8-32-12-3-1-10(2-4-12)17(29)23-13(31-9-26)5-6-14(27)28;/h1,3-4,7,9,13H,5-6,8H2,(H,23,29)(H,27,28)(H3,20,21,24,25,30);/q-1;. The van der Waals surface area contributed by atoms with Gasteiger partial charge in [0.25, 0.3) is 0 Å². The van der Waals surface area contributed by atoms with Crippen molar-refractivity contribution in [1.29, 1.82) is 0 Å². The zero-order chi connectivity index (χ0) is 23.1. The number of benzene rings is 1. The van der Waals surface area contributed by atoms with E-state index >= 15 is 0 Å². The van der Waals surface area contributed by atoms with E-state index in [9.17, 15) is 19.2 Å². The van der Waals surface area contributed by atoms with Crippen molar-refractivity contribution in [2.75, 3.05) is 5.73 Å². The first-order valence-corrected chi connectivity index (χ1v) is 11.2. The summed E-state index contributed by atoms with van der Waals surface area (Å²) in [6.45, 7) is 0.149. The fraction of sp³-hybridized carbons (Fsp3) is 0.211. The molecule has 0 bridgehead atoms. The molecule has 14 heteroatoms. The molecule has 0 fully saturated rings. The van der Waals surface area contributed by atoms with Crippen molar-refractivity contribution in [2.24, 2.45) is 0 Å². The van der Waals surface area contributed by atoms with Crippen LogP contribution in [0.5, 0.6) is 0 Å². The van der Waals surface area contributed by atoms with Crippen LogP contribution in [0, 0.1) is 6.07 Å². The summed E-state index contributed by atoms with van der Waals surface area (Å²) in [5.74, 6) is -1.65. The average Bonchev–Trinajstić information content (AvgIpc) is 2.76. The molecule has 169 valence electrons. The number of nitrogens with one attached hydrogen (secondary N) is 2. The van der Waals surface area contributed by atoms with Gasteiger partial charge in [-0.3, -0.25) is 0 Å². The number of H-pyrrole nitrogens is 1. The molecule has 0 spiro atoms. The number of nitrogen functional groups attached to an aromatic ring is 1. The third-order valence-electron chi connectivity index (χ3n) is 4.03. The Morgan fingerprint density at radius 3 is 2.82 bits per heavy atom. The number of carbonyl (C=O) groups is 3. The minimum absolute atomic E-state index is 0. The van der Waals surface area contributed by atoms with E-state index in [-0.39, 0.29) is 89.7 Å². The SMILES string of the molecule is Nc1nc2ncc(C[Se]c3c[c-]c(C(=O)NC(CCC(=O)O)OC=O)cc3)nc2c(=O)[nH]1.[Y]. The van der Waals surface area contributed by atoms with Crippen molar-refractivity contribution in [3.05, 3.63) is 52.1 Å². The van der Waals surface area contributed by atoms with Crippen molar-refractivity contribution in [2.45, 2.75) is 24.4 Å². The Morgan fingerprint density at radius 1 is 1.36 bits per heavy atom. The second kappa shape index (κ2) is 12.5. The van der Waals surface area contributed by atoms with Gasteiger partial charge in [-0.25, -0.2) is 0 Å². The number of amides is 1. The van der Waals surface area contributed by atoms with Crippen molar-refractivity contribution >= 4 is 54.9 Å². The van der Waals surface area contributed by atoms with E-state index in [2.05, 4.69) is 31.3 Å². The van der Waals surface area contributed by atoms with Gasteiger partial charge in [0.2, 0.25) is 0 Å². The Balaban J connectivity index is 0.00000385. The number of carboxylic acids is 1. The van der Waals surface area contributed by atoms with Crippen LogP contribution in [0.25, 0.3) is 11.2 Å². The summed E-state index contributed by atoms with van der Waals surface area (Å²) < 4.78 is 5.63. The van der Waals surface area contributed by atoms with Gasteiger partial charge in [-0.2, -0.15) is 0 Å². The third kappa shape index (κ3) is 7.67. The summed E-state index contributed by atoms with van der Waals surface area (Å²) in [5, 5.41) is 11.7. The quantitative estimate of drug-likeness (QED) is 0.0954. The van der Waals surface area contributed by atoms with Gasteiger partial charge in [-0.1, -0.05) is 0 Å². The number of hydrogen-bond acceptors (Lipinski definition) is 9. The summed E-state index contributed by atoms with van der Waals surface area (Å²) >= 11 is -0.0769. The molecule has 3 aromatic rings. The monoisotopic (exact) mass is 594 g/mol. The van der Waals surface area contributed by atoms with Crippen LogP contribution >= 0.6 is 0 Å². The van der Waals surface area contributed by atoms with Gasteiger partial charge < -0.3 is 0 Å². The first-order chi connectivity index (χ1) is 15.4. The molecule has 0 saturated heterocycles. The first kappa shape index (κ1) is 26.5. The molecule has 0 aliphatic carbocycles. The molecule has 1 aromatic carbocycles. The fourth-order valence-corrected chi connectivity index (χ4v) is 4.15. The van der Waals surface area contributed by atoms with Gasteiger partial charge in [0, 0.05) is 32.7 Å². The van der Waals surface area contributed by atoms with Gasteiger partial charge in [-0.15, -0.1) is 0 Å². The van der Waals surface area contributed by atoms with E-state index < -0.39 is 23.7 Å². The first-order valence-electron chi connectivity index (χ1n) is 9.13. The van der Waals surface area contributed by atoms with Crippen LogP contribution in [-0.4, -0.2) is 64.6 Å². The maximum Gasteiger partial charge on any atom is 0 e. The summed E-state index contributed by atoms with van der Waals surface area (Å²) in [7, 11) is 0. The van der Waals surface area contributed by atoms with Crippen molar-refractivity contribution in [3.63, 3.8) is 0 Å². The van der Waals surface area contributed by atoms with Gasteiger partial charge in [0.1, 0.15) is 0 Å². The normalized spacial score (nSPS) is 11.3. The van der Waals surface area contributed by atoms with E-state index in [1.54, 1.807) is 18.2 Å². The maximum atomic E-state index is 12.3. The van der Waals surface area contributed by atoms with Gasteiger partial charge >= 0.3 is 187 Å². The maximum absolute atomic E-state index is 12.3. The predicted octanol–water partition coefficient (Wildman–Crippen LogP) is -1.28. The largest absolute Gasteiger partial charge is 0 e. The van der Waals surface area contributed by atoms with Crippen LogP contribution in [0.15, 0.2) is 29.2 Å². The Bertz CT molecular complexity index is 1210. The number of aromatic amines is 1. The van der Waals surface area contributed by atoms with Crippen molar-refractivity contribution < 1.29 is 56.9 Å². The van der Waals surface area contributed by atoms with E-state index in [4.69, 9.17) is 15.6 Å². The minimum Gasteiger partial charge on any atom is 0 e. The number of aromatic nitrogens is 4. The molecule has 0 aliphatic rings. The molecule has 1 atom stereocenters. The molecule has 2 heterocycles. The van der Waals surface area contributed by atoms with Crippen LogP contribution in [0.3, 0.4) is 0 Å². The number of aliphatic carboxylic acids is 1. The molecule has 1 radical (unpaired) electrons. The molecule has 1 unspecified atom stereocenters. The van der Waals surface area contributed by atoms with Crippen LogP contribution < -0.4 is 21.1 Å². The molecule has 5 N–H and O–H groups in total. The molecular formula is C19H17N6O6SeY-. The van der Waals surface area contributed by atoms with E-state index in [0.717, 1.165) is 4.46 Å². The number of ether oxygens (including phenoxy) is 1. The number of nitrogens with zero attached hydrogens (tertiary/aromatic N) is 3. The Labute approximate surface area is 218 Å². The topological polar surface area (TPSA) is 190 Å². The summed E-state index contributed by atoms with van der Waals surface area (Å²) in [6.07, 6.45) is 0.162. The van der Waals surface area contributed by atoms with Crippen LogP contribution in [0.1, 0.15) is 28.9 Å². The van der Waals surface area contributed by atoms with E-state index in [1.165, 1.54) is 6.20 Å². The van der Waals surface area contributed by atoms with Crippen molar-refractivity contribution in [1.82, 2.24) is 25.3 Å². The second-order valence-electron chi connectivity index (χ2n) is 6.34. The molecule has 3 rings (SSSR count). The molecular weight excluding hydrogens is 576 g/mol. The number of carbonyl (C=O) groups excluding carboxylic acids is 2. The Morgan fingerprint density at radius 2 is 2.15 bits per heavy atom. The van der Waals surface area contributed by atoms with Crippen LogP contribution in [-0.2, 0) is 52.4 Å². The molecule has 12 nitrogen and oxygen atoms in total. The number of rotatable bonds is 10. The number of nitrogens with two attached hydrogens (primary N) is 1. The zero-order valence-corrected chi connectivity index (χ0v) is 21.5. The number of anilines is 1. The van der Waals surface area contributed by atoms with Gasteiger partial charge in [0.15, 0.2) is 0 Å². The van der Waals surface area contributed by atoms with Crippen molar-refractivity contribution in [3.8, 4) is 0 Å². The summed E-state index contributed by atoms with van der Waals surface area (Å²) in [6, 6.07) is 7.83. The predicted molar refractivity (Wildman–Crippen MR) is 112 cm³/mol. The Hall–Kier alpha value is -2.73. The number of fused-ring (bicyclic) bond motifs is 1. The summed E-state index contributed by atoms with van der Waals surface area (Å²) in [5.41, 5.74) is 6.14. The minimum atomic E-state index is -1.07. The third-order valence-corrected chi connectivity index (χ3v) is 6.19. The number of carboxylic acid groups (broad SMARTS) is 1.